The Morgan fingerprint density at radius 1 is 1.17 bits per heavy atom. The number of fused-ring (bicyclic) bond motifs is 6. The Kier molecular flexibility index (Phi) is 10.0. The first kappa shape index (κ1) is 31.9. The molecule has 7 heteroatoms. The molecule has 9 unspecified atom stereocenters. The second kappa shape index (κ2) is 12.9. The monoisotopic (exact) mass is 604 g/mol. The Morgan fingerprint density at radius 3 is 2.68 bits per heavy atom. The number of carbonyl (C=O) groups is 1. The highest BCUT2D eigenvalue weighted by Crippen LogP contribution is 2.65. The highest BCUT2D eigenvalue weighted by atomic mass is 33.1. The van der Waals surface area contributed by atoms with E-state index in [1.54, 1.807) is 27.2 Å². The SMILES string of the molecule is CC.CC1=C2CC3C(CC=C4CC(O)CCC43C)C2CCC12OC1CC(C)CN(C(=O)CCSSCCN)C1[C@H]2C. The molecule has 2 saturated heterocycles. The number of ether oxygens (including phenoxy) is 1. The van der Waals surface area contributed by atoms with Crippen molar-refractivity contribution in [2.45, 2.75) is 123 Å². The average Bonchev–Trinajstić information content (AvgIpc) is 3.48. The van der Waals surface area contributed by atoms with Gasteiger partial charge in [0, 0.05) is 36.9 Å². The quantitative estimate of drug-likeness (QED) is 0.193. The molecule has 6 rings (SSSR count). The normalized spacial score (nSPS) is 43.0. The standard InChI is InChI=1S/C32H50N2O3S2.C2H6/c1-19-15-28-30(34(18-19)29(36)9-13-38-39-14-12-33)21(3)32(37-28)11-8-24-25-6-5-22-16-23(35)7-10-31(22,4)27(25)17-26(24)20(32)2;1-2/h5,19,21,23-25,27-28,30,35H,6-18,33H2,1-4H3;1-2H3/t19?,21-,23?,24?,25?,27?,28?,30?,31?,32?;/m1./s1. The number of piperidine rings is 1. The van der Waals surface area contributed by atoms with Crippen LogP contribution in [0.25, 0.3) is 0 Å². The molecule has 4 aliphatic carbocycles. The van der Waals surface area contributed by atoms with Crippen LogP contribution in [0.5, 0.6) is 0 Å². The first-order valence-corrected chi connectivity index (χ1v) is 19.2. The lowest BCUT2D eigenvalue weighted by atomic mass is 9.56. The summed E-state index contributed by atoms with van der Waals surface area (Å²) in [5.41, 5.74) is 10.4. The van der Waals surface area contributed by atoms with E-state index in [9.17, 15) is 9.90 Å². The molecule has 6 aliphatic rings. The van der Waals surface area contributed by atoms with E-state index in [2.05, 4.69) is 38.7 Å². The third-order valence-electron chi connectivity index (χ3n) is 12.0. The van der Waals surface area contributed by atoms with Crippen LogP contribution < -0.4 is 5.73 Å². The smallest absolute Gasteiger partial charge is 0.223 e. The number of allylic oxidation sites excluding steroid dienone is 2. The largest absolute Gasteiger partial charge is 0.393 e. The summed E-state index contributed by atoms with van der Waals surface area (Å²) in [6.07, 6.45) is 11.8. The third kappa shape index (κ3) is 5.51. The number of aliphatic hydroxyl groups is 1. The Bertz CT molecular complexity index is 1030. The summed E-state index contributed by atoms with van der Waals surface area (Å²) in [4.78, 5) is 15.8. The van der Waals surface area contributed by atoms with Gasteiger partial charge in [0.1, 0.15) is 0 Å². The number of nitrogens with two attached hydrogens (primary N) is 1. The molecule has 232 valence electrons. The van der Waals surface area contributed by atoms with Gasteiger partial charge in [-0.05, 0) is 93.0 Å². The van der Waals surface area contributed by atoms with Gasteiger partial charge in [-0.1, -0.05) is 73.4 Å². The van der Waals surface area contributed by atoms with Gasteiger partial charge in [-0.15, -0.1) is 0 Å². The molecule has 0 aromatic carbocycles. The third-order valence-corrected chi connectivity index (χ3v) is 14.4. The van der Waals surface area contributed by atoms with Gasteiger partial charge in [0.15, 0.2) is 0 Å². The van der Waals surface area contributed by atoms with Gasteiger partial charge in [-0.25, -0.2) is 0 Å². The molecule has 3 N–H and O–H groups in total. The van der Waals surface area contributed by atoms with Crippen LogP contribution in [0, 0.1) is 35.0 Å². The molecule has 2 saturated carbocycles. The predicted molar refractivity (Wildman–Crippen MR) is 174 cm³/mol. The zero-order chi connectivity index (χ0) is 29.5. The Hall–Kier alpha value is -0.470. The zero-order valence-electron chi connectivity index (χ0n) is 26.5. The van der Waals surface area contributed by atoms with Gasteiger partial charge in [0.25, 0.3) is 0 Å². The summed E-state index contributed by atoms with van der Waals surface area (Å²) in [5.74, 6) is 5.01. The maximum atomic E-state index is 13.6. The molecule has 0 radical (unpaired) electrons. The molecule has 2 aliphatic heterocycles. The second-order valence-electron chi connectivity index (χ2n) is 13.9. The highest BCUT2D eigenvalue weighted by Gasteiger charge is 2.62. The predicted octanol–water partition coefficient (Wildman–Crippen LogP) is 7.00. The van der Waals surface area contributed by atoms with E-state index in [4.69, 9.17) is 10.5 Å². The molecule has 10 atom stereocenters. The van der Waals surface area contributed by atoms with Gasteiger partial charge in [-0.3, -0.25) is 4.79 Å². The molecular formula is C34H56N2O3S2. The zero-order valence-corrected chi connectivity index (χ0v) is 28.1. The van der Waals surface area contributed by atoms with Crippen molar-refractivity contribution in [2.75, 3.05) is 24.6 Å². The van der Waals surface area contributed by atoms with E-state index in [-0.39, 0.29) is 29.3 Å². The lowest BCUT2D eigenvalue weighted by Crippen LogP contribution is -2.54. The van der Waals surface area contributed by atoms with Crippen molar-refractivity contribution < 1.29 is 14.6 Å². The van der Waals surface area contributed by atoms with Gasteiger partial charge in [0.2, 0.25) is 5.91 Å². The second-order valence-corrected chi connectivity index (χ2v) is 16.6. The number of nitrogens with zero attached hydrogens (tertiary/aromatic N) is 1. The van der Waals surface area contributed by atoms with Crippen LogP contribution in [0.1, 0.15) is 99.3 Å². The summed E-state index contributed by atoms with van der Waals surface area (Å²) in [5, 5.41) is 10.4. The van der Waals surface area contributed by atoms with E-state index >= 15 is 0 Å². The summed E-state index contributed by atoms with van der Waals surface area (Å²) in [6, 6.07) is 0.191. The van der Waals surface area contributed by atoms with Crippen LogP contribution in [-0.4, -0.2) is 64.4 Å². The topological polar surface area (TPSA) is 75.8 Å². The fourth-order valence-corrected chi connectivity index (χ4v) is 11.9. The lowest BCUT2D eigenvalue weighted by Gasteiger charge is -2.49. The highest BCUT2D eigenvalue weighted by molar-refractivity contribution is 8.76. The fraction of sp³-hybridized carbons (Fsp3) is 0.853. The van der Waals surface area contributed by atoms with Gasteiger partial charge < -0.3 is 20.5 Å². The van der Waals surface area contributed by atoms with E-state index in [1.807, 2.05) is 13.8 Å². The lowest BCUT2D eigenvalue weighted by molar-refractivity contribution is -0.139. The van der Waals surface area contributed by atoms with Crippen molar-refractivity contribution in [3.63, 3.8) is 0 Å². The molecular weight excluding hydrogens is 549 g/mol. The summed E-state index contributed by atoms with van der Waals surface area (Å²) in [6.45, 7) is 15.1. The summed E-state index contributed by atoms with van der Waals surface area (Å²) in [7, 11) is 3.56. The summed E-state index contributed by atoms with van der Waals surface area (Å²) < 4.78 is 7.21. The number of hydrogen-bond acceptors (Lipinski definition) is 6. The van der Waals surface area contributed by atoms with Crippen LogP contribution in [0.2, 0.25) is 0 Å². The molecule has 2 heterocycles. The van der Waals surface area contributed by atoms with Crippen LogP contribution in [0.15, 0.2) is 22.8 Å². The van der Waals surface area contributed by atoms with Crippen molar-refractivity contribution in [1.82, 2.24) is 4.90 Å². The number of rotatable bonds is 6. The molecule has 41 heavy (non-hydrogen) atoms. The van der Waals surface area contributed by atoms with Crippen LogP contribution in [-0.2, 0) is 9.53 Å². The maximum absolute atomic E-state index is 13.6. The molecule has 5 nitrogen and oxygen atoms in total. The van der Waals surface area contributed by atoms with Crippen molar-refractivity contribution in [3.05, 3.63) is 22.8 Å². The summed E-state index contributed by atoms with van der Waals surface area (Å²) >= 11 is 0. The molecule has 0 bridgehead atoms. The fourth-order valence-electron chi connectivity index (χ4n) is 10.0. The van der Waals surface area contributed by atoms with Crippen LogP contribution >= 0.6 is 21.6 Å². The van der Waals surface area contributed by atoms with Crippen LogP contribution in [0.3, 0.4) is 0 Å². The number of hydrogen-bond donors (Lipinski definition) is 2. The molecule has 1 amide bonds. The average molecular weight is 605 g/mol. The Balaban J connectivity index is 0.00000165. The maximum Gasteiger partial charge on any atom is 0.223 e. The number of amides is 1. The Labute approximate surface area is 257 Å². The molecule has 0 aromatic heterocycles. The first-order chi connectivity index (χ1) is 19.7. The number of carbonyl (C=O) groups excluding carboxylic acids is 1. The number of likely N-dealkylation sites (tertiary alicyclic amines) is 1. The van der Waals surface area contributed by atoms with E-state index in [0.717, 1.165) is 56.1 Å². The minimum absolute atomic E-state index is 0.147. The van der Waals surface area contributed by atoms with E-state index < -0.39 is 0 Å². The van der Waals surface area contributed by atoms with Gasteiger partial charge in [0.05, 0.1) is 23.9 Å². The van der Waals surface area contributed by atoms with Gasteiger partial charge >= 0.3 is 0 Å². The van der Waals surface area contributed by atoms with E-state index in [0.29, 0.717) is 42.5 Å². The molecule has 4 fully saturated rings. The van der Waals surface area contributed by atoms with Crippen LogP contribution in [0.4, 0.5) is 0 Å². The minimum Gasteiger partial charge on any atom is -0.393 e. The van der Waals surface area contributed by atoms with E-state index in [1.165, 1.54) is 30.4 Å². The Morgan fingerprint density at radius 2 is 1.93 bits per heavy atom. The number of aliphatic hydroxyl groups excluding tert-OH is 1. The molecule has 1 spiro atoms. The first-order valence-electron chi connectivity index (χ1n) is 16.7. The van der Waals surface area contributed by atoms with Crippen molar-refractivity contribution >= 4 is 27.5 Å². The van der Waals surface area contributed by atoms with Gasteiger partial charge in [-0.2, -0.15) is 0 Å². The minimum atomic E-state index is -0.219. The van der Waals surface area contributed by atoms with Crippen molar-refractivity contribution in [2.24, 2.45) is 40.7 Å². The molecule has 0 aromatic rings. The van der Waals surface area contributed by atoms with Crippen molar-refractivity contribution in [3.8, 4) is 0 Å². The van der Waals surface area contributed by atoms with Crippen molar-refractivity contribution in [1.29, 1.82) is 0 Å².